The highest BCUT2D eigenvalue weighted by Gasteiger charge is 2.23. The molecule has 1 aliphatic rings. The van der Waals surface area contributed by atoms with Crippen LogP contribution in [0.25, 0.3) is 10.9 Å². The van der Waals surface area contributed by atoms with Crippen LogP contribution in [-0.4, -0.2) is 17.7 Å². The minimum atomic E-state index is 0.671. The zero-order valence-corrected chi connectivity index (χ0v) is 12.5. The number of hydrogen-bond donors (Lipinski definition) is 1. The molecular weight excluding hydrogens is 232 g/mol. The van der Waals surface area contributed by atoms with Crippen molar-refractivity contribution in [2.24, 2.45) is 7.05 Å². The highest BCUT2D eigenvalue weighted by molar-refractivity contribution is 5.91. The Bertz CT molecular complexity index is 571. The minimum absolute atomic E-state index is 0.671. The number of piperidine rings is 1. The van der Waals surface area contributed by atoms with Crippen LogP contribution in [-0.2, 0) is 7.05 Å². The molecule has 0 radical (unpaired) electrons. The molecule has 1 aromatic heterocycles. The highest BCUT2D eigenvalue weighted by atomic mass is 15.0. The molecule has 2 nitrogen and oxygen atoms in total. The number of benzene rings is 1. The van der Waals surface area contributed by atoms with Crippen molar-refractivity contribution < 1.29 is 0 Å². The first-order valence-corrected chi connectivity index (χ1v) is 7.37. The van der Waals surface area contributed by atoms with Crippen LogP contribution in [0.2, 0.25) is 0 Å². The molecule has 2 heteroatoms. The van der Waals surface area contributed by atoms with Gasteiger partial charge in [0.2, 0.25) is 0 Å². The fourth-order valence-corrected chi connectivity index (χ4v) is 3.87. The topological polar surface area (TPSA) is 17.0 Å². The fraction of sp³-hybridized carbons (Fsp3) is 0.529. The average Bonchev–Trinajstić information content (AvgIpc) is 2.68. The van der Waals surface area contributed by atoms with Crippen molar-refractivity contribution in [1.82, 2.24) is 9.88 Å². The summed E-state index contributed by atoms with van der Waals surface area (Å²) < 4.78 is 2.45. The highest BCUT2D eigenvalue weighted by Crippen LogP contribution is 2.35. The van der Waals surface area contributed by atoms with Gasteiger partial charge in [0.25, 0.3) is 0 Å². The molecule has 0 amide bonds. The van der Waals surface area contributed by atoms with Crippen LogP contribution >= 0.6 is 0 Å². The van der Waals surface area contributed by atoms with Gasteiger partial charge in [-0.1, -0.05) is 12.1 Å². The second-order valence-electron chi connectivity index (χ2n) is 6.04. The van der Waals surface area contributed by atoms with Crippen molar-refractivity contribution in [3.8, 4) is 0 Å². The number of hydrogen-bond acceptors (Lipinski definition) is 1. The number of fused-ring (bicyclic) bond motifs is 1. The van der Waals surface area contributed by atoms with Crippen LogP contribution < -0.4 is 5.32 Å². The third-order valence-electron chi connectivity index (χ3n) is 4.73. The molecule has 1 N–H and O–H groups in total. The van der Waals surface area contributed by atoms with Crippen LogP contribution in [0.15, 0.2) is 12.1 Å². The van der Waals surface area contributed by atoms with E-state index in [1.807, 2.05) is 0 Å². The number of nitrogens with zero attached hydrogens (tertiary/aromatic N) is 1. The van der Waals surface area contributed by atoms with Gasteiger partial charge in [0.1, 0.15) is 0 Å². The Morgan fingerprint density at radius 1 is 1.16 bits per heavy atom. The second-order valence-corrected chi connectivity index (χ2v) is 6.04. The smallest absolute Gasteiger partial charge is 0.0515 e. The molecule has 0 spiro atoms. The summed E-state index contributed by atoms with van der Waals surface area (Å²) >= 11 is 0. The number of aryl methyl sites for hydroxylation is 4. The van der Waals surface area contributed by atoms with Gasteiger partial charge in [0.15, 0.2) is 0 Å². The molecule has 2 aromatic rings. The van der Waals surface area contributed by atoms with Gasteiger partial charge in [-0.3, -0.25) is 0 Å². The van der Waals surface area contributed by atoms with E-state index in [0.29, 0.717) is 5.92 Å². The molecule has 1 fully saturated rings. The summed E-state index contributed by atoms with van der Waals surface area (Å²) in [7, 11) is 2.24. The summed E-state index contributed by atoms with van der Waals surface area (Å²) in [5.41, 5.74) is 7.26. The Morgan fingerprint density at radius 2 is 1.89 bits per heavy atom. The molecule has 0 aliphatic carbocycles. The lowest BCUT2D eigenvalue weighted by molar-refractivity contribution is 0.447. The van der Waals surface area contributed by atoms with E-state index in [4.69, 9.17) is 0 Å². The van der Waals surface area contributed by atoms with Crippen molar-refractivity contribution in [2.75, 3.05) is 13.1 Å². The van der Waals surface area contributed by atoms with Gasteiger partial charge in [0, 0.05) is 30.6 Å². The van der Waals surface area contributed by atoms with Gasteiger partial charge in [-0.05, 0) is 56.8 Å². The van der Waals surface area contributed by atoms with Crippen LogP contribution in [0.1, 0.15) is 41.1 Å². The SMILES string of the molecule is Cc1ccc(C)c2c1c(C)c(C1CCCNC1)n2C. The van der Waals surface area contributed by atoms with Crippen molar-refractivity contribution in [3.63, 3.8) is 0 Å². The molecule has 0 saturated carbocycles. The fourth-order valence-electron chi connectivity index (χ4n) is 3.87. The van der Waals surface area contributed by atoms with Gasteiger partial charge in [0.05, 0.1) is 5.52 Å². The van der Waals surface area contributed by atoms with Crippen LogP contribution in [0.5, 0.6) is 0 Å². The van der Waals surface area contributed by atoms with Crippen molar-refractivity contribution in [1.29, 1.82) is 0 Å². The van der Waals surface area contributed by atoms with Gasteiger partial charge >= 0.3 is 0 Å². The lowest BCUT2D eigenvalue weighted by Gasteiger charge is -2.24. The van der Waals surface area contributed by atoms with E-state index in [2.05, 4.69) is 49.8 Å². The Morgan fingerprint density at radius 3 is 2.53 bits per heavy atom. The normalized spacial score (nSPS) is 20.1. The standard InChI is InChI=1S/C17H24N2/c1-11-7-8-12(2)16-15(11)13(3)17(19(16)4)14-6-5-9-18-10-14/h7-8,14,18H,5-6,9-10H2,1-4H3. The average molecular weight is 256 g/mol. The summed E-state index contributed by atoms with van der Waals surface area (Å²) in [6, 6.07) is 4.51. The van der Waals surface area contributed by atoms with Gasteiger partial charge in [-0.15, -0.1) is 0 Å². The van der Waals surface area contributed by atoms with E-state index >= 15 is 0 Å². The summed E-state index contributed by atoms with van der Waals surface area (Å²) in [4.78, 5) is 0. The minimum Gasteiger partial charge on any atom is -0.347 e. The first kappa shape index (κ1) is 12.7. The molecule has 2 heterocycles. The lowest BCUT2D eigenvalue weighted by atomic mass is 9.93. The first-order valence-electron chi connectivity index (χ1n) is 7.37. The molecule has 1 aromatic carbocycles. The molecule has 3 rings (SSSR count). The largest absolute Gasteiger partial charge is 0.347 e. The Kier molecular flexibility index (Phi) is 3.14. The predicted molar refractivity (Wildman–Crippen MR) is 82.0 cm³/mol. The molecule has 1 atom stereocenters. The van der Waals surface area contributed by atoms with Gasteiger partial charge in [-0.25, -0.2) is 0 Å². The van der Waals surface area contributed by atoms with Crippen molar-refractivity contribution >= 4 is 10.9 Å². The lowest BCUT2D eigenvalue weighted by Crippen LogP contribution is -2.29. The predicted octanol–water partition coefficient (Wildman–Crippen LogP) is 3.57. The molecule has 1 aliphatic heterocycles. The van der Waals surface area contributed by atoms with Crippen LogP contribution in [0, 0.1) is 20.8 Å². The number of aromatic nitrogens is 1. The van der Waals surface area contributed by atoms with Gasteiger partial charge in [-0.2, -0.15) is 0 Å². The number of nitrogens with one attached hydrogen (secondary N) is 1. The maximum Gasteiger partial charge on any atom is 0.0515 e. The van der Waals surface area contributed by atoms with Crippen LogP contribution in [0.4, 0.5) is 0 Å². The van der Waals surface area contributed by atoms with E-state index in [1.54, 1.807) is 5.69 Å². The van der Waals surface area contributed by atoms with E-state index in [-0.39, 0.29) is 0 Å². The summed E-state index contributed by atoms with van der Waals surface area (Å²) in [6.45, 7) is 9.07. The Hall–Kier alpha value is -1.28. The molecular formula is C17H24N2. The van der Waals surface area contributed by atoms with Crippen LogP contribution in [0.3, 0.4) is 0 Å². The summed E-state index contributed by atoms with van der Waals surface area (Å²) in [6.07, 6.45) is 2.61. The Labute approximate surface area is 115 Å². The molecule has 0 bridgehead atoms. The third-order valence-corrected chi connectivity index (χ3v) is 4.73. The van der Waals surface area contributed by atoms with E-state index in [9.17, 15) is 0 Å². The van der Waals surface area contributed by atoms with Crippen molar-refractivity contribution in [2.45, 2.75) is 39.5 Å². The number of rotatable bonds is 1. The van der Waals surface area contributed by atoms with E-state index in [0.717, 1.165) is 6.54 Å². The third kappa shape index (κ3) is 1.90. The quantitative estimate of drug-likeness (QED) is 0.825. The molecule has 102 valence electrons. The second kappa shape index (κ2) is 4.68. The summed E-state index contributed by atoms with van der Waals surface area (Å²) in [5, 5.41) is 5.02. The van der Waals surface area contributed by atoms with E-state index in [1.165, 1.54) is 47.0 Å². The summed E-state index contributed by atoms with van der Waals surface area (Å²) in [5.74, 6) is 0.671. The maximum atomic E-state index is 3.55. The maximum absolute atomic E-state index is 3.55. The van der Waals surface area contributed by atoms with Crippen molar-refractivity contribution in [3.05, 3.63) is 34.5 Å². The molecule has 19 heavy (non-hydrogen) atoms. The van der Waals surface area contributed by atoms with E-state index < -0.39 is 0 Å². The molecule has 1 unspecified atom stereocenters. The first-order chi connectivity index (χ1) is 9.11. The zero-order valence-electron chi connectivity index (χ0n) is 12.5. The Balaban J connectivity index is 2.25. The molecule has 1 saturated heterocycles. The monoisotopic (exact) mass is 256 g/mol. The zero-order chi connectivity index (χ0) is 13.6. The van der Waals surface area contributed by atoms with Gasteiger partial charge < -0.3 is 9.88 Å².